The number of nitrogens with zero attached hydrogens (tertiary/aromatic N) is 5. The van der Waals surface area contributed by atoms with Crippen LogP contribution in [0.4, 0.5) is 5.82 Å². The van der Waals surface area contributed by atoms with Crippen molar-refractivity contribution in [2.75, 3.05) is 24.0 Å². The standard InChI is InChI=1S/C12H19N5OS/c1-5-10-13-14-11-6-7-12(15-17(10)11)16(3)9(2)8-19(4)18/h6-7,9H,5,8H2,1-4H3/t9-,19-/m1/s1. The van der Waals surface area contributed by atoms with Crippen LogP contribution in [0.15, 0.2) is 12.1 Å². The lowest BCUT2D eigenvalue weighted by Gasteiger charge is -2.25. The molecule has 0 aliphatic carbocycles. The lowest BCUT2D eigenvalue weighted by molar-refractivity contribution is 0.671. The molecular formula is C12H19N5OS. The third kappa shape index (κ3) is 2.91. The van der Waals surface area contributed by atoms with Crippen molar-refractivity contribution in [2.45, 2.75) is 26.3 Å². The maximum atomic E-state index is 11.3. The normalized spacial score (nSPS) is 14.5. The predicted octanol–water partition coefficient (Wildman–Crippen LogP) is 0.890. The first-order valence-corrected chi connectivity index (χ1v) is 7.99. The van der Waals surface area contributed by atoms with Gasteiger partial charge >= 0.3 is 0 Å². The van der Waals surface area contributed by atoms with Crippen LogP contribution >= 0.6 is 0 Å². The van der Waals surface area contributed by atoms with Gasteiger partial charge in [0, 0.05) is 42.3 Å². The third-order valence-corrected chi connectivity index (χ3v) is 4.08. The van der Waals surface area contributed by atoms with Crippen LogP contribution in [0.2, 0.25) is 0 Å². The zero-order chi connectivity index (χ0) is 14.0. The molecule has 0 fully saturated rings. The highest BCUT2D eigenvalue weighted by atomic mass is 32.2. The molecule has 7 heteroatoms. The molecule has 0 radical (unpaired) electrons. The van der Waals surface area contributed by atoms with Crippen LogP contribution in [-0.4, -0.2) is 49.1 Å². The van der Waals surface area contributed by atoms with Crippen LogP contribution in [0.25, 0.3) is 5.65 Å². The molecule has 2 atom stereocenters. The molecule has 104 valence electrons. The summed E-state index contributed by atoms with van der Waals surface area (Å²) in [5.41, 5.74) is 0.751. The third-order valence-electron chi connectivity index (χ3n) is 3.13. The van der Waals surface area contributed by atoms with E-state index in [4.69, 9.17) is 0 Å². The monoisotopic (exact) mass is 281 g/mol. The summed E-state index contributed by atoms with van der Waals surface area (Å²) in [6.07, 6.45) is 2.51. The molecule has 2 aromatic rings. The minimum atomic E-state index is -0.816. The molecule has 2 rings (SSSR count). The summed E-state index contributed by atoms with van der Waals surface area (Å²) >= 11 is 0. The van der Waals surface area contributed by atoms with Crippen LogP contribution in [-0.2, 0) is 17.2 Å². The molecule has 2 aromatic heterocycles. The first kappa shape index (κ1) is 13.9. The summed E-state index contributed by atoms with van der Waals surface area (Å²) in [5, 5.41) is 12.7. The summed E-state index contributed by atoms with van der Waals surface area (Å²) in [6.45, 7) is 4.07. The molecule has 0 amide bonds. The molecule has 0 aromatic carbocycles. The summed E-state index contributed by atoms with van der Waals surface area (Å²) in [6, 6.07) is 3.98. The summed E-state index contributed by atoms with van der Waals surface area (Å²) in [5.74, 6) is 2.30. The van der Waals surface area contributed by atoms with Crippen LogP contribution < -0.4 is 4.90 Å². The molecule has 0 saturated carbocycles. The van der Waals surface area contributed by atoms with Crippen molar-refractivity contribution < 1.29 is 4.21 Å². The fourth-order valence-electron chi connectivity index (χ4n) is 1.91. The number of rotatable bonds is 5. The van der Waals surface area contributed by atoms with Crippen molar-refractivity contribution in [1.82, 2.24) is 19.8 Å². The highest BCUT2D eigenvalue weighted by molar-refractivity contribution is 7.84. The molecule has 0 saturated heterocycles. The largest absolute Gasteiger partial charge is 0.355 e. The average Bonchev–Trinajstić information content (AvgIpc) is 2.78. The van der Waals surface area contributed by atoms with Gasteiger partial charge in [-0.2, -0.15) is 4.52 Å². The zero-order valence-corrected chi connectivity index (χ0v) is 12.5. The minimum absolute atomic E-state index is 0.164. The SMILES string of the molecule is CCc1nnc2ccc(N(C)[C@H](C)C[S@@](C)=O)nn12. The van der Waals surface area contributed by atoms with Crippen molar-refractivity contribution in [3.63, 3.8) is 0 Å². The van der Waals surface area contributed by atoms with Crippen molar-refractivity contribution in [1.29, 1.82) is 0 Å². The van der Waals surface area contributed by atoms with Gasteiger partial charge in [-0.1, -0.05) is 6.92 Å². The molecular weight excluding hydrogens is 262 g/mol. The van der Waals surface area contributed by atoms with Gasteiger partial charge in [0.25, 0.3) is 0 Å². The topological polar surface area (TPSA) is 63.4 Å². The van der Waals surface area contributed by atoms with Gasteiger partial charge in [-0.05, 0) is 19.1 Å². The van der Waals surface area contributed by atoms with Gasteiger partial charge in [0.2, 0.25) is 0 Å². The summed E-state index contributed by atoms with van der Waals surface area (Å²) < 4.78 is 13.1. The van der Waals surface area contributed by atoms with E-state index in [1.54, 1.807) is 10.8 Å². The minimum Gasteiger partial charge on any atom is -0.355 e. The second kappa shape index (κ2) is 5.64. The Labute approximate surface area is 115 Å². The molecule has 2 heterocycles. The maximum Gasteiger partial charge on any atom is 0.178 e. The second-order valence-electron chi connectivity index (χ2n) is 4.63. The van der Waals surface area contributed by atoms with Gasteiger partial charge in [0.15, 0.2) is 11.5 Å². The van der Waals surface area contributed by atoms with Gasteiger partial charge < -0.3 is 4.90 Å². The molecule has 0 bridgehead atoms. The van der Waals surface area contributed by atoms with E-state index in [-0.39, 0.29) is 6.04 Å². The lowest BCUT2D eigenvalue weighted by Crippen LogP contribution is -2.34. The Balaban J connectivity index is 2.31. The Bertz CT molecular complexity index is 597. The van der Waals surface area contributed by atoms with Crippen molar-refractivity contribution in [3.05, 3.63) is 18.0 Å². The first-order valence-electron chi connectivity index (χ1n) is 6.27. The zero-order valence-electron chi connectivity index (χ0n) is 11.7. The Kier molecular flexibility index (Phi) is 4.14. The van der Waals surface area contributed by atoms with Crippen molar-refractivity contribution >= 4 is 22.3 Å². The van der Waals surface area contributed by atoms with Gasteiger partial charge in [-0.3, -0.25) is 4.21 Å². The van der Waals surface area contributed by atoms with E-state index in [1.165, 1.54) is 0 Å². The lowest BCUT2D eigenvalue weighted by atomic mass is 10.3. The quantitative estimate of drug-likeness (QED) is 0.814. The highest BCUT2D eigenvalue weighted by Crippen LogP contribution is 2.14. The number of hydrogen-bond acceptors (Lipinski definition) is 5. The Hall–Kier alpha value is -1.50. The van der Waals surface area contributed by atoms with E-state index in [0.29, 0.717) is 5.75 Å². The number of aromatic nitrogens is 4. The fraction of sp³-hybridized carbons (Fsp3) is 0.583. The van der Waals surface area contributed by atoms with Gasteiger partial charge in [-0.15, -0.1) is 15.3 Å². The van der Waals surface area contributed by atoms with E-state index >= 15 is 0 Å². The van der Waals surface area contributed by atoms with Crippen LogP contribution in [0.5, 0.6) is 0 Å². The van der Waals surface area contributed by atoms with Crippen molar-refractivity contribution in [3.8, 4) is 0 Å². The number of fused-ring (bicyclic) bond motifs is 1. The van der Waals surface area contributed by atoms with Gasteiger partial charge in [-0.25, -0.2) is 0 Å². The van der Waals surface area contributed by atoms with E-state index in [9.17, 15) is 4.21 Å². The number of aryl methyl sites for hydroxylation is 1. The van der Waals surface area contributed by atoms with Crippen LogP contribution in [0.1, 0.15) is 19.7 Å². The Morgan fingerprint density at radius 1 is 1.42 bits per heavy atom. The summed E-state index contributed by atoms with van der Waals surface area (Å²) in [4.78, 5) is 2.03. The Morgan fingerprint density at radius 2 is 2.16 bits per heavy atom. The molecule has 19 heavy (non-hydrogen) atoms. The summed E-state index contributed by atoms with van der Waals surface area (Å²) in [7, 11) is 1.14. The van der Waals surface area contributed by atoms with Crippen LogP contribution in [0, 0.1) is 0 Å². The predicted molar refractivity (Wildman–Crippen MR) is 77.0 cm³/mol. The molecule has 0 N–H and O–H groups in total. The number of hydrogen-bond donors (Lipinski definition) is 0. The first-order chi connectivity index (χ1) is 9.02. The van der Waals surface area contributed by atoms with Gasteiger partial charge in [0.1, 0.15) is 5.82 Å². The molecule has 6 nitrogen and oxygen atoms in total. The van der Waals surface area contributed by atoms with E-state index in [1.807, 2.05) is 37.9 Å². The molecule has 0 aliphatic heterocycles. The van der Waals surface area contributed by atoms with E-state index < -0.39 is 10.8 Å². The maximum absolute atomic E-state index is 11.3. The van der Waals surface area contributed by atoms with Crippen molar-refractivity contribution in [2.24, 2.45) is 0 Å². The molecule has 0 spiro atoms. The van der Waals surface area contributed by atoms with E-state index in [2.05, 4.69) is 15.3 Å². The smallest absolute Gasteiger partial charge is 0.178 e. The molecule has 0 unspecified atom stereocenters. The van der Waals surface area contributed by atoms with Crippen LogP contribution in [0.3, 0.4) is 0 Å². The molecule has 0 aliphatic rings. The number of anilines is 1. The Morgan fingerprint density at radius 3 is 2.79 bits per heavy atom. The average molecular weight is 281 g/mol. The fourth-order valence-corrected chi connectivity index (χ4v) is 2.81. The second-order valence-corrected chi connectivity index (χ2v) is 6.11. The van der Waals surface area contributed by atoms with Gasteiger partial charge in [0.05, 0.1) is 0 Å². The highest BCUT2D eigenvalue weighted by Gasteiger charge is 2.14. The van der Waals surface area contributed by atoms with E-state index in [0.717, 1.165) is 23.7 Å².